The van der Waals surface area contributed by atoms with Crippen LogP contribution in [0.4, 0.5) is 11.4 Å². The third kappa shape index (κ3) is 6.87. The lowest BCUT2D eigenvalue weighted by atomic mass is 10.2. The second-order valence-corrected chi connectivity index (χ2v) is 7.22. The molecule has 2 N–H and O–H groups in total. The topological polar surface area (TPSA) is 135 Å². The molecule has 0 radical (unpaired) electrons. The molecule has 1 unspecified atom stereocenters. The van der Waals surface area contributed by atoms with Crippen LogP contribution in [0.25, 0.3) is 0 Å². The molecule has 0 heterocycles. The molecule has 0 aliphatic rings. The summed E-state index contributed by atoms with van der Waals surface area (Å²) in [5.74, 6) is -1.33. The van der Waals surface area contributed by atoms with Gasteiger partial charge < -0.3 is 10.6 Å². The van der Waals surface area contributed by atoms with E-state index in [0.717, 1.165) is 6.26 Å². The molecular formula is C13H17N3O6S. The zero-order chi connectivity index (χ0) is 17.6. The molecule has 1 aromatic carbocycles. The van der Waals surface area contributed by atoms with E-state index in [-0.39, 0.29) is 17.9 Å². The van der Waals surface area contributed by atoms with Crippen molar-refractivity contribution in [1.82, 2.24) is 5.32 Å². The van der Waals surface area contributed by atoms with Crippen LogP contribution in [0.3, 0.4) is 0 Å². The molecule has 0 spiro atoms. The van der Waals surface area contributed by atoms with Crippen molar-refractivity contribution < 1.29 is 22.9 Å². The summed E-state index contributed by atoms with van der Waals surface area (Å²) in [5, 5.41) is 15.4. The number of benzene rings is 1. The summed E-state index contributed by atoms with van der Waals surface area (Å²) in [7, 11) is -3.28. The maximum Gasteiger partial charge on any atom is 0.269 e. The second kappa shape index (κ2) is 7.68. The zero-order valence-corrected chi connectivity index (χ0v) is 13.4. The second-order valence-electron chi connectivity index (χ2n) is 4.96. The van der Waals surface area contributed by atoms with Gasteiger partial charge in [-0.1, -0.05) is 0 Å². The molecule has 0 saturated heterocycles. The number of hydrogen-bond acceptors (Lipinski definition) is 6. The van der Waals surface area contributed by atoms with Crippen molar-refractivity contribution in [2.45, 2.75) is 19.4 Å². The number of rotatable bonds is 7. The van der Waals surface area contributed by atoms with Gasteiger partial charge in [0.05, 0.1) is 10.7 Å². The summed E-state index contributed by atoms with van der Waals surface area (Å²) in [6, 6.07) is 4.12. The summed E-state index contributed by atoms with van der Waals surface area (Å²) < 4.78 is 22.4. The van der Waals surface area contributed by atoms with E-state index in [4.69, 9.17) is 0 Å². The third-order valence-electron chi connectivity index (χ3n) is 2.82. The molecule has 23 heavy (non-hydrogen) atoms. The Morgan fingerprint density at radius 2 is 1.83 bits per heavy atom. The smallest absolute Gasteiger partial charge is 0.269 e. The van der Waals surface area contributed by atoms with Crippen molar-refractivity contribution in [3.05, 3.63) is 34.4 Å². The van der Waals surface area contributed by atoms with Crippen LogP contribution in [0.2, 0.25) is 0 Å². The first-order valence-corrected chi connectivity index (χ1v) is 8.64. The van der Waals surface area contributed by atoms with E-state index in [1.165, 1.54) is 31.2 Å². The normalized spacial score (nSPS) is 12.3. The van der Waals surface area contributed by atoms with Crippen LogP contribution in [0.15, 0.2) is 24.3 Å². The minimum atomic E-state index is -3.28. The maximum absolute atomic E-state index is 12.1. The average Bonchev–Trinajstić information content (AvgIpc) is 2.42. The Hall–Kier alpha value is -2.49. The Bertz CT molecular complexity index is 699. The lowest BCUT2D eigenvalue weighted by Crippen LogP contribution is -2.43. The van der Waals surface area contributed by atoms with Crippen LogP contribution in [0, 0.1) is 10.1 Å². The summed E-state index contributed by atoms with van der Waals surface area (Å²) in [6.45, 7) is 1.21. The van der Waals surface area contributed by atoms with Crippen molar-refractivity contribution in [2.24, 2.45) is 0 Å². The molecule has 0 aliphatic carbocycles. The Kier molecular flexibility index (Phi) is 6.19. The van der Waals surface area contributed by atoms with Gasteiger partial charge in [-0.25, -0.2) is 8.42 Å². The number of sulfone groups is 1. The van der Waals surface area contributed by atoms with Gasteiger partial charge in [-0.3, -0.25) is 19.7 Å². The van der Waals surface area contributed by atoms with Crippen molar-refractivity contribution in [1.29, 1.82) is 0 Å². The molecular weight excluding hydrogens is 326 g/mol. The molecule has 126 valence electrons. The lowest BCUT2D eigenvalue weighted by molar-refractivity contribution is -0.384. The van der Waals surface area contributed by atoms with Gasteiger partial charge in [-0.2, -0.15) is 0 Å². The number of amides is 2. The number of nitrogens with zero attached hydrogens (tertiary/aromatic N) is 1. The highest BCUT2D eigenvalue weighted by atomic mass is 32.2. The van der Waals surface area contributed by atoms with E-state index in [1.54, 1.807) is 0 Å². The molecule has 0 fully saturated rings. The Labute approximate surface area is 133 Å². The van der Waals surface area contributed by atoms with E-state index >= 15 is 0 Å². The van der Waals surface area contributed by atoms with Gasteiger partial charge in [0.25, 0.3) is 5.69 Å². The van der Waals surface area contributed by atoms with Gasteiger partial charge in [-0.05, 0) is 18.6 Å². The van der Waals surface area contributed by atoms with Crippen LogP contribution in [0.1, 0.15) is 13.3 Å². The van der Waals surface area contributed by atoms with Gasteiger partial charge in [-0.15, -0.1) is 0 Å². The first kappa shape index (κ1) is 18.6. The molecule has 10 heteroatoms. The Morgan fingerprint density at radius 3 is 2.26 bits per heavy atom. The van der Waals surface area contributed by atoms with E-state index in [2.05, 4.69) is 10.6 Å². The van der Waals surface area contributed by atoms with Gasteiger partial charge in [0.15, 0.2) is 0 Å². The highest BCUT2D eigenvalue weighted by molar-refractivity contribution is 7.90. The molecule has 0 bridgehead atoms. The van der Waals surface area contributed by atoms with Crippen molar-refractivity contribution in [2.75, 3.05) is 17.3 Å². The Balaban J connectivity index is 2.79. The average molecular weight is 343 g/mol. The number of nitro benzene ring substituents is 1. The summed E-state index contributed by atoms with van der Waals surface area (Å²) in [4.78, 5) is 33.3. The standard InChI is InChI=1S/C13H17N3O6S/c1-9(17)14-12(7-8-23(2,21)22)13(18)15-10-3-5-11(6-4-10)16(19)20/h3-6,12H,7-8H2,1-2H3,(H,14,17)(H,15,18). The number of nitro groups is 1. The first-order valence-electron chi connectivity index (χ1n) is 6.58. The van der Waals surface area contributed by atoms with Crippen LogP contribution in [-0.2, 0) is 19.4 Å². The maximum atomic E-state index is 12.1. The number of carbonyl (C=O) groups is 2. The third-order valence-corrected chi connectivity index (χ3v) is 3.79. The zero-order valence-electron chi connectivity index (χ0n) is 12.6. The molecule has 1 rings (SSSR count). The minimum Gasteiger partial charge on any atom is -0.345 e. The highest BCUT2D eigenvalue weighted by Gasteiger charge is 2.21. The fourth-order valence-electron chi connectivity index (χ4n) is 1.74. The van der Waals surface area contributed by atoms with Crippen molar-refractivity contribution in [3.63, 3.8) is 0 Å². The number of carbonyl (C=O) groups excluding carboxylic acids is 2. The highest BCUT2D eigenvalue weighted by Crippen LogP contribution is 2.15. The van der Waals surface area contributed by atoms with Gasteiger partial charge in [0, 0.05) is 31.0 Å². The van der Waals surface area contributed by atoms with Gasteiger partial charge in [0.1, 0.15) is 15.9 Å². The summed E-state index contributed by atoms with van der Waals surface area (Å²) in [5.41, 5.74) is 0.175. The number of nitrogens with one attached hydrogen (secondary N) is 2. The quantitative estimate of drug-likeness (QED) is 0.546. The largest absolute Gasteiger partial charge is 0.345 e. The fraction of sp³-hybridized carbons (Fsp3) is 0.385. The van der Waals surface area contributed by atoms with E-state index < -0.39 is 32.6 Å². The van der Waals surface area contributed by atoms with E-state index in [0.29, 0.717) is 5.69 Å². The molecule has 0 aromatic heterocycles. The van der Waals surface area contributed by atoms with Crippen LogP contribution in [-0.4, -0.2) is 43.2 Å². The summed E-state index contributed by atoms with van der Waals surface area (Å²) >= 11 is 0. The predicted molar refractivity (Wildman–Crippen MR) is 83.7 cm³/mol. The fourth-order valence-corrected chi connectivity index (χ4v) is 2.41. The van der Waals surface area contributed by atoms with Crippen LogP contribution in [0.5, 0.6) is 0 Å². The molecule has 9 nitrogen and oxygen atoms in total. The molecule has 2 amide bonds. The summed E-state index contributed by atoms with van der Waals surface area (Å²) in [6.07, 6.45) is 0.962. The van der Waals surface area contributed by atoms with Crippen LogP contribution < -0.4 is 10.6 Å². The van der Waals surface area contributed by atoms with Crippen molar-refractivity contribution >= 4 is 33.0 Å². The number of hydrogen-bond donors (Lipinski definition) is 2. The minimum absolute atomic E-state index is 0.0722. The monoisotopic (exact) mass is 343 g/mol. The van der Waals surface area contributed by atoms with Crippen LogP contribution >= 0.6 is 0 Å². The number of anilines is 1. The van der Waals surface area contributed by atoms with Gasteiger partial charge >= 0.3 is 0 Å². The first-order chi connectivity index (χ1) is 10.6. The SMILES string of the molecule is CC(=O)NC(CCS(C)(=O)=O)C(=O)Nc1ccc([N+](=O)[O-])cc1. The van der Waals surface area contributed by atoms with Gasteiger partial charge in [0.2, 0.25) is 11.8 Å². The Morgan fingerprint density at radius 1 is 1.26 bits per heavy atom. The van der Waals surface area contributed by atoms with E-state index in [1.807, 2.05) is 0 Å². The van der Waals surface area contributed by atoms with E-state index in [9.17, 15) is 28.1 Å². The van der Waals surface area contributed by atoms with Crippen molar-refractivity contribution in [3.8, 4) is 0 Å². The molecule has 1 atom stereocenters. The molecule has 0 saturated carbocycles. The predicted octanol–water partition coefficient (Wildman–Crippen LogP) is 0.473. The number of non-ortho nitro benzene ring substituents is 1. The molecule has 0 aliphatic heterocycles. The molecule has 1 aromatic rings. The lowest BCUT2D eigenvalue weighted by Gasteiger charge is -2.17.